The molecule has 1 amide bonds. The van der Waals surface area contributed by atoms with Gasteiger partial charge in [0.15, 0.2) is 0 Å². The first-order valence-electron chi connectivity index (χ1n) is 7.58. The summed E-state index contributed by atoms with van der Waals surface area (Å²) in [7, 11) is 1.69. The summed E-state index contributed by atoms with van der Waals surface area (Å²) < 4.78 is 5.14. The zero-order valence-electron chi connectivity index (χ0n) is 13.1. The zero-order chi connectivity index (χ0) is 16.2. The molecule has 0 heterocycles. The van der Waals surface area contributed by atoms with Crippen LogP contribution >= 0.6 is 0 Å². The number of benzene rings is 1. The predicted octanol–water partition coefficient (Wildman–Crippen LogP) is 2.63. The maximum atomic E-state index is 12.3. The maximum absolute atomic E-state index is 12.3. The first kappa shape index (κ1) is 16.5. The fourth-order valence-corrected chi connectivity index (χ4v) is 2.92. The Hall–Kier alpha value is -1.88. The van der Waals surface area contributed by atoms with Crippen molar-refractivity contribution in [2.75, 3.05) is 20.3 Å². The lowest BCUT2D eigenvalue weighted by molar-refractivity contribution is 0.0631. The Morgan fingerprint density at radius 3 is 2.50 bits per heavy atom. The van der Waals surface area contributed by atoms with E-state index in [0.717, 1.165) is 24.8 Å². The number of aromatic carboxylic acids is 1. The van der Waals surface area contributed by atoms with E-state index in [-0.39, 0.29) is 16.9 Å². The standard InChI is InChI=1S/C17H23NO4/c1-12-8-13(10-14(9-12)16(20)21)15(19)18-11-17(4-3-5-17)6-7-22-2/h8-10H,3-7,11H2,1-2H3,(H,18,19)(H,20,21). The van der Waals surface area contributed by atoms with E-state index < -0.39 is 5.97 Å². The van der Waals surface area contributed by atoms with Crippen molar-refractivity contribution < 1.29 is 19.4 Å². The lowest BCUT2D eigenvalue weighted by Gasteiger charge is -2.42. The minimum Gasteiger partial charge on any atom is -0.478 e. The Bertz CT molecular complexity index is 564. The van der Waals surface area contributed by atoms with Gasteiger partial charge in [-0.15, -0.1) is 0 Å². The third-order valence-electron chi connectivity index (χ3n) is 4.46. The van der Waals surface area contributed by atoms with Gasteiger partial charge >= 0.3 is 5.97 Å². The zero-order valence-corrected chi connectivity index (χ0v) is 13.1. The van der Waals surface area contributed by atoms with Crippen molar-refractivity contribution in [2.45, 2.75) is 32.6 Å². The summed E-state index contributed by atoms with van der Waals surface area (Å²) in [5.41, 5.74) is 1.45. The van der Waals surface area contributed by atoms with E-state index >= 15 is 0 Å². The molecule has 1 aliphatic carbocycles. The number of carbonyl (C=O) groups is 2. The molecule has 0 spiro atoms. The molecule has 120 valence electrons. The van der Waals surface area contributed by atoms with Gasteiger partial charge < -0.3 is 15.2 Å². The Labute approximate surface area is 130 Å². The van der Waals surface area contributed by atoms with Crippen LogP contribution in [0.5, 0.6) is 0 Å². The fraction of sp³-hybridized carbons (Fsp3) is 0.529. The van der Waals surface area contributed by atoms with Gasteiger partial charge in [-0.25, -0.2) is 4.79 Å². The quantitative estimate of drug-likeness (QED) is 0.812. The van der Waals surface area contributed by atoms with Crippen LogP contribution in [-0.2, 0) is 4.74 Å². The molecule has 1 fully saturated rings. The van der Waals surface area contributed by atoms with Gasteiger partial charge in [0, 0.05) is 25.8 Å². The smallest absolute Gasteiger partial charge is 0.335 e. The van der Waals surface area contributed by atoms with Crippen molar-refractivity contribution in [1.29, 1.82) is 0 Å². The average Bonchev–Trinajstić information content (AvgIpc) is 2.44. The molecule has 0 radical (unpaired) electrons. The molecule has 2 N–H and O–H groups in total. The number of hydrogen-bond acceptors (Lipinski definition) is 3. The summed E-state index contributed by atoms with van der Waals surface area (Å²) in [5.74, 6) is -1.23. The van der Waals surface area contributed by atoms with Crippen LogP contribution in [0.15, 0.2) is 18.2 Å². The molecular formula is C17H23NO4. The molecule has 0 aliphatic heterocycles. The molecular weight excluding hydrogens is 282 g/mol. The van der Waals surface area contributed by atoms with Crippen molar-refractivity contribution in [2.24, 2.45) is 5.41 Å². The number of carboxylic acids is 1. The fourth-order valence-electron chi connectivity index (χ4n) is 2.92. The SMILES string of the molecule is COCCC1(CNC(=O)c2cc(C)cc(C(=O)O)c2)CCC1. The normalized spacial score (nSPS) is 15.9. The number of carbonyl (C=O) groups excluding carboxylic acids is 1. The minimum absolute atomic E-state index is 0.142. The molecule has 5 nitrogen and oxygen atoms in total. The molecule has 0 aromatic heterocycles. The molecule has 1 aliphatic rings. The molecule has 22 heavy (non-hydrogen) atoms. The Balaban J connectivity index is 2.01. The van der Waals surface area contributed by atoms with E-state index in [1.807, 2.05) is 0 Å². The largest absolute Gasteiger partial charge is 0.478 e. The van der Waals surface area contributed by atoms with Crippen molar-refractivity contribution in [1.82, 2.24) is 5.32 Å². The van der Waals surface area contributed by atoms with Crippen LogP contribution in [0.25, 0.3) is 0 Å². The van der Waals surface area contributed by atoms with Gasteiger partial charge in [-0.1, -0.05) is 6.42 Å². The molecule has 0 bridgehead atoms. The van der Waals surface area contributed by atoms with Gasteiger partial charge in [0.05, 0.1) is 5.56 Å². The summed E-state index contributed by atoms with van der Waals surface area (Å²) in [6.45, 7) is 3.10. The van der Waals surface area contributed by atoms with Gasteiger partial charge in [0.25, 0.3) is 5.91 Å². The van der Waals surface area contributed by atoms with E-state index in [1.54, 1.807) is 26.2 Å². The Morgan fingerprint density at radius 2 is 1.95 bits per heavy atom. The second-order valence-corrected chi connectivity index (χ2v) is 6.17. The average molecular weight is 305 g/mol. The highest BCUT2D eigenvalue weighted by atomic mass is 16.5. The molecule has 5 heteroatoms. The first-order chi connectivity index (χ1) is 10.5. The number of amides is 1. The lowest BCUT2D eigenvalue weighted by atomic mass is 9.66. The molecule has 0 unspecified atom stereocenters. The van der Waals surface area contributed by atoms with Crippen molar-refractivity contribution in [3.8, 4) is 0 Å². The van der Waals surface area contributed by atoms with E-state index in [4.69, 9.17) is 9.84 Å². The predicted molar refractivity (Wildman–Crippen MR) is 83.2 cm³/mol. The highest BCUT2D eigenvalue weighted by Crippen LogP contribution is 2.43. The van der Waals surface area contributed by atoms with Crippen LogP contribution in [0.2, 0.25) is 0 Å². The number of carboxylic acid groups (broad SMARTS) is 1. The topological polar surface area (TPSA) is 75.6 Å². The van der Waals surface area contributed by atoms with Gasteiger partial charge in [-0.3, -0.25) is 4.79 Å². The number of aryl methyl sites for hydroxylation is 1. The second-order valence-electron chi connectivity index (χ2n) is 6.17. The van der Waals surface area contributed by atoms with Gasteiger partial charge in [-0.05, 0) is 55.4 Å². The molecule has 1 aromatic carbocycles. The lowest BCUT2D eigenvalue weighted by Crippen LogP contribution is -2.42. The summed E-state index contributed by atoms with van der Waals surface area (Å²) in [5, 5.41) is 12.0. The summed E-state index contributed by atoms with van der Waals surface area (Å²) in [6.07, 6.45) is 4.33. The van der Waals surface area contributed by atoms with Gasteiger partial charge in [-0.2, -0.15) is 0 Å². The second kappa shape index (κ2) is 6.92. The molecule has 0 saturated heterocycles. The third kappa shape index (κ3) is 3.85. The summed E-state index contributed by atoms with van der Waals surface area (Å²) in [4.78, 5) is 23.4. The van der Waals surface area contributed by atoms with Crippen LogP contribution in [0, 0.1) is 12.3 Å². The number of hydrogen-bond donors (Lipinski definition) is 2. The van der Waals surface area contributed by atoms with Crippen molar-refractivity contribution in [3.63, 3.8) is 0 Å². The van der Waals surface area contributed by atoms with E-state index in [9.17, 15) is 9.59 Å². The number of methoxy groups -OCH3 is 1. The van der Waals surface area contributed by atoms with E-state index in [0.29, 0.717) is 18.7 Å². The molecule has 2 rings (SSSR count). The maximum Gasteiger partial charge on any atom is 0.335 e. The Kier molecular flexibility index (Phi) is 5.19. The van der Waals surface area contributed by atoms with E-state index in [1.165, 1.54) is 12.5 Å². The number of nitrogens with one attached hydrogen (secondary N) is 1. The monoisotopic (exact) mass is 305 g/mol. The van der Waals surface area contributed by atoms with Crippen LogP contribution in [-0.4, -0.2) is 37.2 Å². The van der Waals surface area contributed by atoms with Crippen molar-refractivity contribution in [3.05, 3.63) is 34.9 Å². The highest BCUT2D eigenvalue weighted by Gasteiger charge is 2.36. The van der Waals surface area contributed by atoms with Crippen LogP contribution in [0.1, 0.15) is 52.0 Å². The summed E-state index contributed by atoms with van der Waals surface area (Å²) >= 11 is 0. The molecule has 0 atom stereocenters. The minimum atomic E-state index is -1.02. The van der Waals surface area contributed by atoms with Gasteiger partial charge in [0.1, 0.15) is 0 Å². The Morgan fingerprint density at radius 1 is 1.27 bits per heavy atom. The van der Waals surface area contributed by atoms with Gasteiger partial charge in [0.2, 0.25) is 0 Å². The number of ether oxygens (including phenoxy) is 1. The van der Waals surface area contributed by atoms with Crippen LogP contribution in [0.3, 0.4) is 0 Å². The number of rotatable bonds is 7. The molecule has 1 saturated carbocycles. The summed E-state index contributed by atoms with van der Waals surface area (Å²) in [6, 6.07) is 4.70. The van der Waals surface area contributed by atoms with Crippen LogP contribution < -0.4 is 5.32 Å². The molecule has 1 aromatic rings. The van der Waals surface area contributed by atoms with Crippen molar-refractivity contribution >= 4 is 11.9 Å². The highest BCUT2D eigenvalue weighted by molar-refractivity contribution is 5.97. The third-order valence-corrected chi connectivity index (χ3v) is 4.46. The van der Waals surface area contributed by atoms with E-state index in [2.05, 4.69) is 5.32 Å². The van der Waals surface area contributed by atoms with Crippen LogP contribution in [0.4, 0.5) is 0 Å². The first-order valence-corrected chi connectivity index (χ1v) is 7.58.